The van der Waals surface area contributed by atoms with Crippen LogP contribution in [0.3, 0.4) is 0 Å². The number of hydrogen-bond donors (Lipinski definition) is 1. The van der Waals surface area contributed by atoms with Crippen LogP contribution >= 0.6 is 11.6 Å². The van der Waals surface area contributed by atoms with Crippen molar-refractivity contribution in [2.75, 3.05) is 11.2 Å². The molecule has 1 N–H and O–H groups in total. The molecule has 1 aliphatic rings. The summed E-state index contributed by atoms with van der Waals surface area (Å²) in [7, 11) is 0. The third-order valence-electron chi connectivity index (χ3n) is 2.95. The number of ether oxygens (including phenoxy) is 1. The zero-order valence-corrected chi connectivity index (χ0v) is 11.8. The summed E-state index contributed by atoms with van der Waals surface area (Å²) in [6.07, 6.45) is 7.14. The zero-order chi connectivity index (χ0) is 13.9. The molecule has 0 aromatic carbocycles. The molecule has 0 saturated heterocycles. The van der Waals surface area contributed by atoms with Gasteiger partial charge in [-0.3, -0.25) is 10.3 Å². The summed E-state index contributed by atoms with van der Waals surface area (Å²) in [5.41, 5.74) is 1.80. The van der Waals surface area contributed by atoms with Crippen molar-refractivity contribution in [3.8, 4) is 0 Å². The van der Waals surface area contributed by atoms with Gasteiger partial charge in [-0.2, -0.15) is 0 Å². The van der Waals surface area contributed by atoms with Crippen LogP contribution < -0.4 is 5.32 Å². The Hall–Kier alpha value is -1.55. The number of cyclic esters (lactones) is 1. The number of anilines is 1. The molecule has 4 nitrogen and oxygen atoms in total. The Morgan fingerprint density at radius 3 is 3.05 bits per heavy atom. The van der Waals surface area contributed by atoms with Crippen LogP contribution in [0.25, 0.3) is 6.08 Å². The van der Waals surface area contributed by atoms with E-state index in [0.29, 0.717) is 5.88 Å². The van der Waals surface area contributed by atoms with Crippen molar-refractivity contribution < 1.29 is 9.53 Å². The Kier molecular flexibility index (Phi) is 4.10. The van der Waals surface area contributed by atoms with Gasteiger partial charge in [0.2, 0.25) is 0 Å². The van der Waals surface area contributed by atoms with Crippen molar-refractivity contribution >= 4 is 29.5 Å². The van der Waals surface area contributed by atoms with Crippen LogP contribution in [-0.4, -0.2) is 17.0 Å². The van der Waals surface area contributed by atoms with Gasteiger partial charge >= 0.3 is 6.09 Å². The van der Waals surface area contributed by atoms with Gasteiger partial charge in [0.05, 0.1) is 11.4 Å². The molecule has 19 heavy (non-hydrogen) atoms. The average molecular weight is 281 g/mol. The predicted molar refractivity (Wildman–Crippen MR) is 76.4 cm³/mol. The molecule has 102 valence electrons. The number of amides is 1. The monoisotopic (exact) mass is 280 g/mol. The second kappa shape index (κ2) is 5.61. The number of carbonyl (C=O) groups excluding carboxylic acids is 1. The van der Waals surface area contributed by atoms with Gasteiger partial charge in [-0.25, -0.2) is 4.79 Å². The van der Waals surface area contributed by atoms with Crippen LogP contribution in [0, 0.1) is 0 Å². The summed E-state index contributed by atoms with van der Waals surface area (Å²) in [5.74, 6) is 0.656. The van der Waals surface area contributed by atoms with Gasteiger partial charge in [-0.1, -0.05) is 6.08 Å². The van der Waals surface area contributed by atoms with Crippen molar-refractivity contribution in [1.82, 2.24) is 4.98 Å². The van der Waals surface area contributed by atoms with E-state index in [2.05, 4.69) is 10.3 Å². The Morgan fingerprint density at radius 2 is 2.32 bits per heavy atom. The number of pyridine rings is 1. The molecule has 0 saturated carbocycles. The van der Waals surface area contributed by atoms with E-state index in [1.54, 1.807) is 6.20 Å². The molecule has 0 spiro atoms. The van der Waals surface area contributed by atoms with Crippen molar-refractivity contribution in [1.29, 1.82) is 0 Å². The maximum absolute atomic E-state index is 11.5. The van der Waals surface area contributed by atoms with Gasteiger partial charge < -0.3 is 4.74 Å². The van der Waals surface area contributed by atoms with E-state index < -0.39 is 11.7 Å². The lowest BCUT2D eigenvalue weighted by atomic mass is 9.96. The lowest BCUT2D eigenvalue weighted by molar-refractivity contribution is 0.0418. The van der Waals surface area contributed by atoms with E-state index in [0.717, 1.165) is 29.8 Å². The third-order valence-corrected chi connectivity index (χ3v) is 3.22. The molecule has 0 bridgehead atoms. The highest BCUT2D eigenvalue weighted by molar-refractivity contribution is 6.17. The molecule has 1 aromatic rings. The number of rotatable bonds is 4. The largest absolute Gasteiger partial charge is 0.438 e. The normalized spacial score (nSPS) is 16.9. The van der Waals surface area contributed by atoms with E-state index >= 15 is 0 Å². The number of alkyl halides is 1. The second-order valence-corrected chi connectivity index (χ2v) is 5.29. The summed E-state index contributed by atoms with van der Waals surface area (Å²) >= 11 is 5.61. The fourth-order valence-electron chi connectivity index (χ4n) is 1.97. The molecule has 5 heteroatoms. The summed E-state index contributed by atoms with van der Waals surface area (Å²) in [6, 6.07) is 1.86. The molecule has 0 radical (unpaired) electrons. The maximum Gasteiger partial charge on any atom is 0.412 e. The van der Waals surface area contributed by atoms with Crippen molar-refractivity contribution in [2.24, 2.45) is 0 Å². The molecule has 0 atom stereocenters. The first-order valence-electron chi connectivity index (χ1n) is 6.26. The number of halogens is 1. The molecule has 0 unspecified atom stereocenters. The minimum atomic E-state index is -0.647. The molecule has 1 aromatic heterocycles. The zero-order valence-electron chi connectivity index (χ0n) is 11.1. The number of aromatic nitrogens is 1. The van der Waals surface area contributed by atoms with E-state index in [9.17, 15) is 4.79 Å². The highest BCUT2D eigenvalue weighted by Crippen LogP contribution is 2.35. The summed E-state index contributed by atoms with van der Waals surface area (Å²) in [6.45, 7) is 3.70. The SMILES string of the molecule is CC1(C)OC(=O)Nc2cc(/C=C/CCCCl)ncc21. The summed E-state index contributed by atoms with van der Waals surface area (Å²) in [4.78, 5) is 15.8. The second-order valence-electron chi connectivity index (χ2n) is 4.91. The number of carbonyl (C=O) groups is 1. The van der Waals surface area contributed by atoms with Gasteiger partial charge in [0, 0.05) is 17.6 Å². The lowest BCUT2D eigenvalue weighted by Gasteiger charge is -2.32. The van der Waals surface area contributed by atoms with Gasteiger partial charge in [0.1, 0.15) is 5.60 Å². The first-order valence-corrected chi connectivity index (χ1v) is 6.79. The van der Waals surface area contributed by atoms with E-state index in [1.807, 2.05) is 32.1 Å². The van der Waals surface area contributed by atoms with E-state index in [-0.39, 0.29) is 0 Å². The molecular weight excluding hydrogens is 264 g/mol. The van der Waals surface area contributed by atoms with Gasteiger partial charge in [0.15, 0.2) is 0 Å². The van der Waals surface area contributed by atoms with Crippen LogP contribution in [-0.2, 0) is 10.3 Å². The highest BCUT2D eigenvalue weighted by Gasteiger charge is 2.33. The topological polar surface area (TPSA) is 51.2 Å². The number of unbranched alkanes of at least 4 members (excludes halogenated alkanes) is 1. The minimum Gasteiger partial charge on any atom is -0.438 e. The molecule has 0 aliphatic carbocycles. The number of nitrogens with zero attached hydrogens (tertiary/aromatic N) is 1. The maximum atomic E-state index is 11.5. The number of fused-ring (bicyclic) bond motifs is 1. The van der Waals surface area contributed by atoms with Crippen molar-refractivity contribution in [3.63, 3.8) is 0 Å². The van der Waals surface area contributed by atoms with E-state index in [4.69, 9.17) is 16.3 Å². The van der Waals surface area contributed by atoms with E-state index in [1.165, 1.54) is 0 Å². The van der Waals surface area contributed by atoms with Crippen LogP contribution in [0.2, 0.25) is 0 Å². The van der Waals surface area contributed by atoms with Crippen LogP contribution in [0.1, 0.15) is 37.9 Å². The molecule has 2 rings (SSSR count). The summed E-state index contributed by atoms with van der Waals surface area (Å²) < 4.78 is 5.23. The van der Waals surface area contributed by atoms with Crippen LogP contribution in [0.4, 0.5) is 10.5 Å². The Labute approximate surface area is 117 Å². The first-order chi connectivity index (χ1) is 9.03. The van der Waals surface area contributed by atoms with Gasteiger partial charge in [-0.05, 0) is 38.8 Å². The predicted octanol–water partition coefficient (Wildman–Crippen LogP) is 3.91. The molecular formula is C14H17ClN2O2. The summed E-state index contributed by atoms with van der Waals surface area (Å²) in [5, 5.41) is 2.70. The fourth-order valence-corrected chi connectivity index (χ4v) is 2.12. The average Bonchev–Trinajstić information content (AvgIpc) is 2.33. The number of hydrogen-bond acceptors (Lipinski definition) is 3. The quantitative estimate of drug-likeness (QED) is 0.672. The van der Waals surface area contributed by atoms with Gasteiger partial charge in [0.25, 0.3) is 0 Å². The minimum absolute atomic E-state index is 0.430. The van der Waals surface area contributed by atoms with Crippen molar-refractivity contribution in [3.05, 3.63) is 29.6 Å². The Morgan fingerprint density at radius 1 is 1.53 bits per heavy atom. The van der Waals surface area contributed by atoms with Gasteiger partial charge in [-0.15, -0.1) is 11.6 Å². The lowest BCUT2D eigenvalue weighted by Crippen LogP contribution is -2.34. The Bertz CT molecular complexity index is 512. The number of allylic oxidation sites excluding steroid dienone is 1. The smallest absolute Gasteiger partial charge is 0.412 e. The van der Waals surface area contributed by atoms with Crippen molar-refractivity contribution in [2.45, 2.75) is 32.3 Å². The Balaban J connectivity index is 2.21. The third kappa shape index (κ3) is 3.26. The molecule has 1 amide bonds. The molecule has 0 fully saturated rings. The fraction of sp³-hybridized carbons (Fsp3) is 0.429. The molecule has 2 heterocycles. The standard InChI is InChI=1S/C14H17ClN2O2/c1-14(2)11-9-16-10(6-4-3-5-7-15)8-12(11)17-13(18)19-14/h4,6,8-9H,3,5,7H2,1-2H3,(H,17,18)/b6-4+. The molecule has 1 aliphatic heterocycles. The first kappa shape index (κ1) is 13.9. The highest BCUT2D eigenvalue weighted by atomic mass is 35.5. The van der Waals surface area contributed by atoms with Crippen LogP contribution in [0.5, 0.6) is 0 Å². The van der Waals surface area contributed by atoms with Crippen LogP contribution in [0.15, 0.2) is 18.3 Å². The number of nitrogens with one attached hydrogen (secondary N) is 1.